The third-order valence-corrected chi connectivity index (χ3v) is 3.78. The minimum atomic E-state index is -4.52. The number of hydrazone groups is 1. The number of pyridine rings is 1. The summed E-state index contributed by atoms with van der Waals surface area (Å²) in [4.78, 5) is 7.44. The number of hydrogen-bond donors (Lipinski definition) is 2. The van der Waals surface area contributed by atoms with Crippen LogP contribution in [0.5, 0.6) is 11.6 Å². The second-order valence-electron chi connectivity index (χ2n) is 4.98. The van der Waals surface area contributed by atoms with E-state index in [2.05, 4.69) is 20.5 Å². The highest BCUT2D eigenvalue weighted by molar-refractivity contribution is 7.14. The molecule has 0 amide bonds. The van der Waals surface area contributed by atoms with E-state index in [1.54, 1.807) is 35.9 Å². The fourth-order valence-corrected chi connectivity index (χ4v) is 2.42. The molecule has 0 fully saturated rings. The topological polar surface area (TPSA) is 85.4 Å². The number of alkyl halides is 3. The van der Waals surface area contributed by atoms with Gasteiger partial charge in [-0.2, -0.15) is 18.3 Å². The third kappa shape index (κ3) is 4.70. The van der Waals surface area contributed by atoms with Crippen molar-refractivity contribution in [1.29, 1.82) is 0 Å². The number of nitrogen functional groups attached to an aromatic ring is 1. The number of thiazole rings is 1. The lowest BCUT2D eigenvalue weighted by Crippen LogP contribution is -2.07. The number of hydrogen-bond acceptors (Lipinski definition) is 7. The highest BCUT2D eigenvalue weighted by atomic mass is 32.1. The molecule has 0 aliphatic rings. The lowest BCUT2D eigenvalue weighted by Gasteiger charge is -2.08. The Labute approximate surface area is 150 Å². The van der Waals surface area contributed by atoms with Crippen LogP contribution in [0.3, 0.4) is 0 Å². The lowest BCUT2D eigenvalue weighted by atomic mass is 10.2. The van der Waals surface area contributed by atoms with Gasteiger partial charge in [0.1, 0.15) is 17.3 Å². The fraction of sp³-hybridized carbons (Fsp3) is 0.0625. The molecule has 0 saturated heterocycles. The van der Waals surface area contributed by atoms with Gasteiger partial charge in [-0.25, -0.2) is 9.97 Å². The van der Waals surface area contributed by atoms with Crippen molar-refractivity contribution in [2.75, 3.05) is 11.2 Å². The van der Waals surface area contributed by atoms with Gasteiger partial charge >= 0.3 is 6.18 Å². The van der Waals surface area contributed by atoms with Crippen molar-refractivity contribution in [3.63, 3.8) is 0 Å². The minimum absolute atomic E-state index is 0.135. The Balaban J connectivity index is 1.62. The first kappa shape index (κ1) is 17.7. The summed E-state index contributed by atoms with van der Waals surface area (Å²) in [5, 5.41) is 6.27. The summed E-state index contributed by atoms with van der Waals surface area (Å²) < 4.78 is 43.3. The van der Waals surface area contributed by atoms with Crippen LogP contribution in [-0.2, 0) is 6.18 Å². The standard InChI is InChI=1S/C16H12F3N5OS/c17-16(18,19)12-2-1-3-14(22-12)25-11-6-4-10(5-7-11)8-21-24-15-23-13(20)9-26-15/h1-9H,20H2,(H,23,24). The molecule has 1 aromatic carbocycles. The highest BCUT2D eigenvalue weighted by Gasteiger charge is 2.32. The van der Waals surface area contributed by atoms with Crippen LogP contribution in [0.25, 0.3) is 0 Å². The predicted octanol–water partition coefficient (Wildman–Crippen LogP) is 4.38. The largest absolute Gasteiger partial charge is 0.439 e. The molecule has 0 unspecified atom stereocenters. The maximum absolute atomic E-state index is 12.7. The van der Waals surface area contributed by atoms with Gasteiger partial charge in [0, 0.05) is 11.4 Å². The number of nitrogens with zero attached hydrogens (tertiary/aromatic N) is 3. The molecule has 0 radical (unpaired) electrons. The second kappa shape index (κ2) is 7.40. The normalized spacial score (nSPS) is 11.7. The monoisotopic (exact) mass is 379 g/mol. The van der Waals surface area contributed by atoms with Crippen molar-refractivity contribution < 1.29 is 17.9 Å². The zero-order chi connectivity index (χ0) is 18.6. The average Bonchev–Trinajstić information content (AvgIpc) is 3.01. The van der Waals surface area contributed by atoms with Crippen LogP contribution in [0.2, 0.25) is 0 Å². The van der Waals surface area contributed by atoms with Crippen LogP contribution in [0.1, 0.15) is 11.3 Å². The number of ether oxygens (including phenoxy) is 1. The van der Waals surface area contributed by atoms with Gasteiger partial charge in [-0.1, -0.05) is 6.07 Å². The SMILES string of the molecule is Nc1csc(NN=Cc2ccc(Oc3cccc(C(F)(F)F)n3)cc2)n1. The zero-order valence-corrected chi connectivity index (χ0v) is 13.9. The summed E-state index contributed by atoms with van der Waals surface area (Å²) in [5.74, 6) is 0.635. The second-order valence-corrected chi connectivity index (χ2v) is 5.84. The Hall–Kier alpha value is -3.14. The minimum Gasteiger partial charge on any atom is -0.439 e. The fourth-order valence-electron chi connectivity index (χ4n) is 1.87. The summed E-state index contributed by atoms with van der Waals surface area (Å²) in [6.45, 7) is 0. The summed E-state index contributed by atoms with van der Waals surface area (Å²) in [5.41, 5.74) is 7.99. The van der Waals surface area contributed by atoms with Gasteiger partial charge in [-0.05, 0) is 35.9 Å². The van der Waals surface area contributed by atoms with Crippen molar-refractivity contribution in [2.45, 2.75) is 6.18 Å². The van der Waals surface area contributed by atoms with Crippen LogP contribution in [-0.4, -0.2) is 16.2 Å². The predicted molar refractivity (Wildman–Crippen MR) is 93.5 cm³/mol. The molecule has 0 bridgehead atoms. The van der Waals surface area contributed by atoms with Crippen molar-refractivity contribution in [1.82, 2.24) is 9.97 Å². The molecular formula is C16H12F3N5OS. The van der Waals surface area contributed by atoms with E-state index < -0.39 is 11.9 Å². The van der Waals surface area contributed by atoms with Crippen molar-refractivity contribution in [3.05, 3.63) is 59.1 Å². The maximum atomic E-state index is 12.7. The summed E-state index contributed by atoms with van der Waals surface area (Å²) in [7, 11) is 0. The Kier molecular flexibility index (Phi) is 5.03. The van der Waals surface area contributed by atoms with Gasteiger partial charge in [0.25, 0.3) is 0 Å². The number of anilines is 2. The van der Waals surface area contributed by atoms with E-state index in [0.29, 0.717) is 16.7 Å². The third-order valence-electron chi connectivity index (χ3n) is 3.01. The molecule has 0 atom stereocenters. The molecule has 10 heteroatoms. The molecule has 3 aromatic rings. The molecule has 0 saturated carbocycles. The van der Waals surface area contributed by atoms with Crippen molar-refractivity contribution >= 4 is 28.5 Å². The van der Waals surface area contributed by atoms with Gasteiger partial charge in [-0.3, -0.25) is 5.43 Å². The van der Waals surface area contributed by atoms with Gasteiger partial charge in [0.2, 0.25) is 11.0 Å². The quantitative estimate of drug-likeness (QED) is 0.508. The average molecular weight is 379 g/mol. The lowest BCUT2D eigenvalue weighted by molar-refractivity contribution is -0.141. The van der Waals surface area contributed by atoms with Gasteiger partial charge < -0.3 is 10.5 Å². The number of rotatable bonds is 5. The van der Waals surface area contributed by atoms with Crippen LogP contribution in [0, 0.1) is 0 Å². The molecule has 2 heterocycles. The molecule has 2 aromatic heterocycles. The van der Waals surface area contributed by atoms with Crippen LogP contribution < -0.4 is 15.9 Å². The summed E-state index contributed by atoms with van der Waals surface area (Å²) >= 11 is 1.32. The van der Waals surface area contributed by atoms with Gasteiger partial charge in [0.15, 0.2) is 0 Å². The zero-order valence-electron chi connectivity index (χ0n) is 13.1. The first-order chi connectivity index (χ1) is 12.4. The van der Waals surface area contributed by atoms with E-state index >= 15 is 0 Å². The first-order valence-corrected chi connectivity index (χ1v) is 8.10. The van der Waals surface area contributed by atoms with Gasteiger partial charge in [0.05, 0.1) is 6.21 Å². The number of nitrogens with two attached hydrogens (primary N) is 1. The van der Waals surface area contributed by atoms with E-state index in [-0.39, 0.29) is 5.88 Å². The summed E-state index contributed by atoms with van der Waals surface area (Å²) in [6, 6.07) is 10.1. The van der Waals surface area contributed by atoms with E-state index in [9.17, 15) is 13.2 Å². The van der Waals surface area contributed by atoms with E-state index in [1.807, 2.05) is 0 Å². The number of halogens is 3. The van der Waals surface area contributed by atoms with E-state index in [0.717, 1.165) is 11.6 Å². The number of nitrogens with one attached hydrogen (secondary N) is 1. The summed E-state index contributed by atoms with van der Waals surface area (Å²) in [6.07, 6.45) is -2.96. The first-order valence-electron chi connectivity index (χ1n) is 7.22. The van der Waals surface area contributed by atoms with Crippen LogP contribution >= 0.6 is 11.3 Å². The Morgan fingerprint density at radius 3 is 2.54 bits per heavy atom. The van der Waals surface area contributed by atoms with Crippen molar-refractivity contribution in [2.24, 2.45) is 5.10 Å². The molecule has 0 aliphatic heterocycles. The molecule has 26 heavy (non-hydrogen) atoms. The van der Waals surface area contributed by atoms with Crippen LogP contribution in [0.15, 0.2) is 52.9 Å². The molecule has 3 N–H and O–H groups in total. The molecule has 0 spiro atoms. The Morgan fingerprint density at radius 2 is 1.88 bits per heavy atom. The Bertz CT molecular complexity index is 909. The van der Waals surface area contributed by atoms with Crippen LogP contribution in [0.4, 0.5) is 24.1 Å². The molecular weight excluding hydrogens is 367 g/mol. The smallest absolute Gasteiger partial charge is 0.433 e. The molecule has 3 rings (SSSR count). The van der Waals surface area contributed by atoms with Crippen molar-refractivity contribution in [3.8, 4) is 11.6 Å². The number of aromatic nitrogens is 2. The molecule has 134 valence electrons. The maximum Gasteiger partial charge on any atom is 0.433 e. The molecule has 0 aliphatic carbocycles. The number of benzene rings is 1. The molecule has 6 nitrogen and oxygen atoms in total. The van der Waals surface area contributed by atoms with E-state index in [1.165, 1.54) is 23.5 Å². The highest BCUT2D eigenvalue weighted by Crippen LogP contribution is 2.29. The Morgan fingerprint density at radius 1 is 1.12 bits per heavy atom. The van der Waals surface area contributed by atoms with E-state index in [4.69, 9.17) is 10.5 Å². The van der Waals surface area contributed by atoms with Gasteiger partial charge in [-0.15, -0.1) is 11.3 Å².